The number of hydrogen-bond donors (Lipinski definition) is 4. The first kappa shape index (κ1) is 21.8. The highest BCUT2D eigenvalue weighted by Crippen LogP contribution is 2.29. The summed E-state index contributed by atoms with van der Waals surface area (Å²) in [5.41, 5.74) is 5.88. The molecule has 2 aromatic rings. The van der Waals surface area contributed by atoms with E-state index in [-0.39, 0.29) is 16.2 Å². The lowest BCUT2D eigenvalue weighted by atomic mass is 10.2. The van der Waals surface area contributed by atoms with Crippen molar-refractivity contribution in [3.8, 4) is 0 Å². The average Bonchev–Trinajstić information content (AvgIpc) is 3.12. The molecular weight excluding hydrogens is 413 g/mol. The van der Waals surface area contributed by atoms with E-state index < -0.39 is 20.7 Å². The molecule has 1 aromatic carbocycles. The van der Waals surface area contributed by atoms with Gasteiger partial charge < -0.3 is 16.4 Å². The maximum atomic E-state index is 14.4. The SMILES string of the molecule is C[C@@H](CN)NCCCCNc1cc(F)c(S(=O)(=O)Nc2nccs2)cc1Cl. The Kier molecular flexibility index (Phi) is 8.24. The Bertz CT molecular complexity index is 834. The van der Waals surface area contributed by atoms with E-state index in [4.69, 9.17) is 17.3 Å². The molecule has 27 heavy (non-hydrogen) atoms. The third kappa shape index (κ3) is 6.58. The van der Waals surface area contributed by atoms with Crippen LogP contribution in [-0.4, -0.2) is 39.1 Å². The smallest absolute Gasteiger partial charge is 0.266 e. The summed E-state index contributed by atoms with van der Waals surface area (Å²) < 4.78 is 41.2. The van der Waals surface area contributed by atoms with Gasteiger partial charge in [-0.1, -0.05) is 11.6 Å². The van der Waals surface area contributed by atoms with Gasteiger partial charge >= 0.3 is 0 Å². The number of benzene rings is 1. The molecule has 0 amide bonds. The normalized spacial score (nSPS) is 12.7. The first-order chi connectivity index (χ1) is 12.8. The van der Waals surface area contributed by atoms with Crippen molar-refractivity contribution in [3.63, 3.8) is 0 Å². The van der Waals surface area contributed by atoms with Gasteiger partial charge in [0.25, 0.3) is 10.0 Å². The number of aromatic nitrogens is 1. The molecule has 0 radical (unpaired) electrons. The summed E-state index contributed by atoms with van der Waals surface area (Å²) in [6.07, 6.45) is 3.21. The number of nitrogens with zero attached hydrogens (tertiary/aromatic N) is 1. The number of nitrogens with two attached hydrogens (primary N) is 1. The summed E-state index contributed by atoms with van der Waals surface area (Å²) in [5.74, 6) is -0.885. The van der Waals surface area contributed by atoms with Crippen molar-refractivity contribution >= 4 is 43.8 Å². The highest BCUT2D eigenvalue weighted by molar-refractivity contribution is 7.93. The molecule has 0 saturated carbocycles. The number of nitrogens with one attached hydrogen (secondary N) is 3. The third-order valence-corrected chi connectivity index (χ3v) is 6.21. The Hall–Kier alpha value is -1.46. The second kappa shape index (κ2) is 10.2. The van der Waals surface area contributed by atoms with Gasteiger partial charge in [0.15, 0.2) is 5.13 Å². The molecule has 0 aliphatic rings. The van der Waals surface area contributed by atoms with Crippen molar-refractivity contribution in [3.05, 3.63) is 34.5 Å². The zero-order valence-electron chi connectivity index (χ0n) is 14.8. The summed E-state index contributed by atoms with van der Waals surface area (Å²) in [6, 6.07) is 2.46. The molecule has 0 aliphatic carbocycles. The largest absolute Gasteiger partial charge is 0.384 e. The molecule has 2 rings (SSSR count). The molecule has 0 bridgehead atoms. The Balaban J connectivity index is 1.94. The van der Waals surface area contributed by atoms with Gasteiger partial charge in [-0.15, -0.1) is 11.3 Å². The molecule has 11 heteroatoms. The first-order valence-corrected chi connectivity index (χ1v) is 11.2. The standard InChI is InChI=1S/C16H23ClFN5O2S2/c1-11(10-19)20-4-2-3-5-21-14-9-13(18)15(8-12(14)17)27(24,25)23-16-22-6-7-26-16/h6-9,11,20-21H,2-5,10,19H2,1H3,(H,22,23)/t11-/m0/s1. The van der Waals surface area contributed by atoms with Crippen LogP contribution >= 0.6 is 22.9 Å². The van der Waals surface area contributed by atoms with Gasteiger partial charge in [-0.3, -0.25) is 4.72 Å². The van der Waals surface area contributed by atoms with Gasteiger partial charge in [0.2, 0.25) is 0 Å². The number of thiazole rings is 1. The van der Waals surface area contributed by atoms with Gasteiger partial charge in [0.05, 0.1) is 10.7 Å². The molecule has 1 heterocycles. The van der Waals surface area contributed by atoms with Crippen LogP contribution in [0.3, 0.4) is 0 Å². The van der Waals surface area contributed by atoms with Gasteiger partial charge in [-0.05, 0) is 38.4 Å². The minimum atomic E-state index is -4.10. The van der Waals surface area contributed by atoms with Crippen molar-refractivity contribution in [2.24, 2.45) is 5.73 Å². The fourth-order valence-electron chi connectivity index (χ4n) is 2.22. The molecule has 0 spiro atoms. The number of anilines is 2. The Morgan fingerprint density at radius 1 is 1.33 bits per heavy atom. The Morgan fingerprint density at radius 2 is 2.07 bits per heavy atom. The minimum absolute atomic E-state index is 0.130. The van der Waals surface area contributed by atoms with E-state index in [9.17, 15) is 12.8 Å². The average molecular weight is 436 g/mol. The van der Waals surface area contributed by atoms with Crippen LogP contribution in [-0.2, 0) is 10.0 Å². The highest BCUT2D eigenvalue weighted by Gasteiger charge is 2.22. The van der Waals surface area contributed by atoms with Crippen LogP contribution in [0.5, 0.6) is 0 Å². The lowest BCUT2D eigenvalue weighted by Crippen LogP contribution is -2.33. The Labute approximate surface area is 167 Å². The predicted molar refractivity (Wildman–Crippen MR) is 109 cm³/mol. The van der Waals surface area contributed by atoms with Crippen LogP contribution in [0.4, 0.5) is 15.2 Å². The summed E-state index contributed by atoms with van der Waals surface area (Å²) in [6.45, 7) is 4.02. The van der Waals surface area contributed by atoms with Crippen molar-refractivity contribution in [2.75, 3.05) is 29.7 Å². The van der Waals surface area contributed by atoms with Crippen LogP contribution in [0.1, 0.15) is 19.8 Å². The van der Waals surface area contributed by atoms with Crippen LogP contribution in [0.25, 0.3) is 0 Å². The lowest BCUT2D eigenvalue weighted by molar-refractivity contribution is 0.537. The minimum Gasteiger partial charge on any atom is -0.384 e. The molecule has 0 aliphatic heterocycles. The van der Waals surface area contributed by atoms with E-state index >= 15 is 0 Å². The molecular formula is C16H23ClFN5O2S2. The summed E-state index contributed by atoms with van der Waals surface area (Å²) >= 11 is 7.23. The van der Waals surface area contributed by atoms with Gasteiger partial charge in [-0.25, -0.2) is 17.8 Å². The lowest BCUT2D eigenvalue weighted by Gasteiger charge is -2.13. The number of hydrogen-bond acceptors (Lipinski definition) is 7. The van der Waals surface area contributed by atoms with Crippen LogP contribution in [0.15, 0.2) is 28.6 Å². The second-order valence-electron chi connectivity index (χ2n) is 5.93. The van der Waals surface area contributed by atoms with Gasteiger partial charge in [0, 0.05) is 30.7 Å². The molecule has 1 atom stereocenters. The third-order valence-electron chi connectivity index (χ3n) is 3.73. The molecule has 1 aromatic heterocycles. The summed E-state index contributed by atoms with van der Waals surface area (Å²) in [4.78, 5) is 3.31. The number of unbranched alkanes of at least 4 members (excludes halogenated alkanes) is 1. The van der Waals surface area contributed by atoms with Crippen molar-refractivity contribution in [1.29, 1.82) is 0 Å². The van der Waals surface area contributed by atoms with Crippen molar-refractivity contribution in [1.82, 2.24) is 10.3 Å². The molecule has 150 valence electrons. The van der Waals surface area contributed by atoms with E-state index in [2.05, 4.69) is 20.3 Å². The molecule has 0 unspecified atom stereocenters. The van der Waals surface area contributed by atoms with Gasteiger partial charge in [0.1, 0.15) is 10.7 Å². The van der Waals surface area contributed by atoms with Crippen LogP contribution in [0, 0.1) is 5.82 Å². The number of rotatable bonds is 11. The molecule has 7 nitrogen and oxygen atoms in total. The predicted octanol–water partition coefficient (Wildman–Crippen LogP) is 2.87. The van der Waals surface area contributed by atoms with Crippen LogP contribution < -0.4 is 21.1 Å². The fourth-order valence-corrected chi connectivity index (χ4v) is 4.39. The summed E-state index contributed by atoms with van der Waals surface area (Å²) in [5, 5.41) is 8.21. The molecule has 5 N–H and O–H groups in total. The van der Waals surface area contributed by atoms with Gasteiger partial charge in [-0.2, -0.15) is 0 Å². The first-order valence-electron chi connectivity index (χ1n) is 8.42. The molecule has 0 saturated heterocycles. The zero-order chi connectivity index (χ0) is 19.9. The van der Waals surface area contributed by atoms with Crippen molar-refractivity contribution < 1.29 is 12.8 Å². The van der Waals surface area contributed by atoms with E-state index in [0.29, 0.717) is 18.8 Å². The maximum absolute atomic E-state index is 14.4. The maximum Gasteiger partial charge on any atom is 0.266 e. The van der Waals surface area contributed by atoms with E-state index in [1.807, 2.05) is 6.92 Å². The number of sulfonamides is 1. The fraction of sp³-hybridized carbons (Fsp3) is 0.438. The topological polar surface area (TPSA) is 109 Å². The zero-order valence-corrected chi connectivity index (χ0v) is 17.2. The quantitative estimate of drug-likeness (QED) is 0.404. The monoisotopic (exact) mass is 435 g/mol. The summed E-state index contributed by atoms with van der Waals surface area (Å²) in [7, 11) is -4.10. The second-order valence-corrected chi connectivity index (χ2v) is 8.88. The van der Waals surface area contributed by atoms with Crippen molar-refractivity contribution in [2.45, 2.75) is 30.7 Å². The highest BCUT2D eigenvalue weighted by atomic mass is 35.5. The number of halogens is 2. The molecule has 0 fully saturated rings. The van der Waals surface area contributed by atoms with Crippen LogP contribution in [0.2, 0.25) is 5.02 Å². The van der Waals surface area contributed by atoms with E-state index in [1.165, 1.54) is 6.20 Å². The van der Waals surface area contributed by atoms with E-state index in [0.717, 1.165) is 42.9 Å². The Morgan fingerprint density at radius 3 is 2.74 bits per heavy atom. The van der Waals surface area contributed by atoms with E-state index in [1.54, 1.807) is 5.38 Å².